The van der Waals surface area contributed by atoms with Gasteiger partial charge in [0.15, 0.2) is 0 Å². The SMILES string of the molecule is O=C(NCCn1nc(-c2cccs2)ccc1=O)C1CCCN(c2cc(-c3ccccc3)ncn2)C1. The number of anilines is 1. The summed E-state index contributed by atoms with van der Waals surface area (Å²) in [6, 6.07) is 19.2. The standard InChI is InChI=1S/C26H26N6O2S/c33-25-11-10-21(23-9-5-15-35-23)30-32(25)14-12-27-26(34)20-8-4-13-31(17-20)24-16-22(28-18-29-24)19-6-2-1-3-7-19/h1-3,5-7,9-11,15-16,18,20H,4,8,12-14,17H2,(H,27,34). The fraction of sp³-hybridized carbons (Fsp3) is 0.269. The van der Waals surface area contributed by atoms with Crippen molar-refractivity contribution in [2.24, 2.45) is 5.92 Å². The van der Waals surface area contributed by atoms with Crippen LogP contribution in [-0.4, -0.2) is 45.3 Å². The maximum Gasteiger partial charge on any atom is 0.266 e. The van der Waals surface area contributed by atoms with Crippen molar-refractivity contribution in [2.45, 2.75) is 19.4 Å². The van der Waals surface area contributed by atoms with E-state index in [-0.39, 0.29) is 17.4 Å². The van der Waals surface area contributed by atoms with Crippen LogP contribution >= 0.6 is 11.3 Å². The number of nitrogens with one attached hydrogen (secondary N) is 1. The third-order valence-corrected chi connectivity index (χ3v) is 6.99. The Morgan fingerprint density at radius 1 is 1.06 bits per heavy atom. The molecule has 1 fully saturated rings. The minimum Gasteiger partial charge on any atom is -0.356 e. The zero-order valence-corrected chi connectivity index (χ0v) is 20.0. The van der Waals surface area contributed by atoms with E-state index < -0.39 is 0 Å². The van der Waals surface area contributed by atoms with Crippen LogP contribution < -0.4 is 15.8 Å². The number of nitrogens with zero attached hydrogens (tertiary/aromatic N) is 5. The third-order valence-electron chi connectivity index (χ3n) is 6.10. The first-order valence-electron chi connectivity index (χ1n) is 11.7. The van der Waals surface area contributed by atoms with Crippen molar-refractivity contribution >= 4 is 23.1 Å². The zero-order chi connectivity index (χ0) is 24.0. The van der Waals surface area contributed by atoms with Crippen molar-refractivity contribution in [2.75, 3.05) is 24.5 Å². The van der Waals surface area contributed by atoms with Crippen LogP contribution in [0.5, 0.6) is 0 Å². The van der Waals surface area contributed by atoms with E-state index >= 15 is 0 Å². The summed E-state index contributed by atoms with van der Waals surface area (Å²) >= 11 is 1.57. The normalized spacial score (nSPS) is 15.7. The van der Waals surface area contributed by atoms with Gasteiger partial charge in [0, 0.05) is 37.3 Å². The minimum atomic E-state index is -0.179. The highest BCUT2D eigenvalue weighted by atomic mass is 32.1. The monoisotopic (exact) mass is 486 g/mol. The molecule has 0 spiro atoms. The van der Waals surface area contributed by atoms with Crippen LogP contribution in [0.3, 0.4) is 0 Å². The Labute approximate surface area is 207 Å². The van der Waals surface area contributed by atoms with E-state index in [4.69, 9.17) is 0 Å². The Morgan fingerprint density at radius 2 is 1.94 bits per heavy atom. The second-order valence-electron chi connectivity index (χ2n) is 8.46. The summed E-state index contributed by atoms with van der Waals surface area (Å²) in [6.07, 6.45) is 3.31. The number of carbonyl (C=O) groups excluding carboxylic acids is 1. The number of hydrogen-bond acceptors (Lipinski definition) is 7. The fourth-order valence-electron chi connectivity index (χ4n) is 4.28. The number of aromatic nitrogens is 4. The van der Waals surface area contributed by atoms with E-state index in [1.54, 1.807) is 23.7 Å². The first kappa shape index (κ1) is 22.9. The van der Waals surface area contributed by atoms with Crippen LogP contribution in [0.2, 0.25) is 0 Å². The Morgan fingerprint density at radius 3 is 2.77 bits per heavy atom. The molecule has 1 aliphatic rings. The van der Waals surface area contributed by atoms with Crippen molar-refractivity contribution in [3.63, 3.8) is 0 Å². The molecule has 0 bridgehead atoms. The number of hydrogen-bond donors (Lipinski definition) is 1. The first-order chi connectivity index (χ1) is 17.2. The summed E-state index contributed by atoms with van der Waals surface area (Å²) in [4.78, 5) is 37.2. The van der Waals surface area contributed by atoms with Gasteiger partial charge in [-0.1, -0.05) is 36.4 Å². The molecular weight excluding hydrogens is 460 g/mol. The molecule has 1 aliphatic heterocycles. The molecule has 9 heteroatoms. The number of benzene rings is 1. The lowest BCUT2D eigenvalue weighted by Gasteiger charge is -2.33. The summed E-state index contributed by atoms with van der Waals surface area (Å²) in [5.41, 5.74) is 2.48. The van der Waals surface area contributed by atoms with Gasteiger partial charge in [-0.2, -0.15) is 5.10 Å². The van der Waals surface area contributed by atoms with Gasteiger partial charge < -0.3 is 10.2 Å². The molecule has 3 aromatic heterocycles. The number of carbonyl (C=O) groups is 1. The quantitative estimate of drug-likeness (QED) is 0.430. The maximum atomic E-state index is 12.9. The average Bonchev–Trinajstić information content (AvgIpc) is 3.45. The molecule has 1 atom stereocenters. The van der Waals surface area contributed by atoms with E-state index in [1.165, 1.54) is 10.7 Å². The second-order valence-corrected chi connectivity index (χ2v) is 9.41. The van der Waals surface area contributed by atoms with Crippen LogP contribution in [-0.2, 0) is 11.3 Å². The van der Waals surface area contributed by atoms with Crippen LogP contribution in [0, 0.1) is 5.92 Å². The third kappa shape index (κ3) is 5.46. The Hall–Kier alpha value is -3.85. The van der Waals surface area contributed by atoms with Gasteiger partial charge >= 0.3 is 0 Å². The van der Waals surface area contributed by atoms with Gasteiger partial charge in [-0.05, 0) is 30.4 Å². The molecule has 35 heavy (non-hydrogen) atoms. The van der Waals surface area contributed by atoms with E-state index in [2.05, 4.69) is 25.3 Å². The molecule has 8 nitrogen and oxygen atoms in total. The van der Waals surface area contributed by atoms with Crippen LogP contribution in [0.25, 0.3) is 21.8 Å². The van der Waals surface area contributed by atoms with Gasteiger partial charge in [0.25, 0.3) is 5.56 Å². The van der Waals surface area contributed by atoms with Crippen molar-refractivity contribution in [1.82, 2.24) is 25.1 Å². The van der Waals surface area contributed by atoms with E-state index in [0.29, 0.717) is 19.6 Å². The summed E-state index contributed by atoms with van der Waals surface area (Å²) in [5, 5.41) is 9.42. The molecule has 0 aliphatic carbocycles. The summed E-state index contributed by atoms with van der Waals surface area (Å²) < 4.78 is 1.41. The van der Waals surface area contributed by atoms with Crippen molar-refractivity contribution in [3.8, 4) is 21.8 Å². The summed E-state index contributed by atoms with van der Waals surface area (Å²) in [6.45, 7) is 2.13. The fourth-order valence-corrected chi connectivity index (χ4v) is 4.97. The molecule has 4 heterocycles. The number of rotatable bonds is 7. The summed E-state index contributed by atoms with van der Waals surface area (Å²) in [5.74, 6) is 0.688. The topological polar surface area (TPSA) is 93.0 Å². The Kier molecular flexibility index (Phi) is 6.94. The molecule has 1 N–H and O–H groups in total. The molecule has 4 aromatic rings. The van der Waals surface area contributed by atoms with E-state index in [1.807, 2.05) is 53.9 Å². The number of thiophene rings is 1. The van der Waals surface area contributed by atoms with Gasteiger partial charge in [0.2, 0.25) is 5.91 Å². The van der Waals surface area contributed by atoms with Crippen LogP contribution in [0.1, 0.15) is 12.8 Å². The predicted octanol–water partition coefficient (Wildman–Crippen LogP) is 3.46. The molecule has 5 rings (SSSR count). The van der Waals surface area contributed by atoms with Gasteiger partial charge in [0.1, 0.15) is 17.8 Å². The molecule has 0 radical (unpaired) electrons. The van der Waals surface area contributed by atoms with Gasteiger partial charge in [0.05, 0.1) is 23.0 Å². The van der Waals surface area contributed by atoms with E-state index in [0.717, 1.165) is 47.0 Å². The molecular formula is C26H26N6O2S. The molecule has 1 aromatic carbocycles. The van der Waals surface area contributed by atoms with Gasteiger partial charge in [-0.25, -0.2) is 14.6 Å². The molecule has 1 unspecified atom stereocenters. The number of piperidine rings is 1. The average molecular weight is 487 g/mol. The predicted molar refractivity (Wildman–Crippen MR) is 137 cm³/mol. The Balaban J connectivity index is 1.19. The largest absolute Gasteiger partial charge is 0.356 e. The van der Waals surface area contributed by atoms with Crippen molar-refractivity contribution in [1.29, 1.82) is 0 Å². The summed E-state index contributed by atoms with van der Waals surface area (Å²) in [7, 11) is 0. The molecule has 0 saturated carbocycles. The van der Waals surface area contributed by atoms with Crippen molar-refractivity contribution < 1.29 is 4.79 Å². The highest BCUT2D eigenvalue weighted by Crippen LogP contribution is 2.25. The molecule has 1 amide bonds. The van der Waals surface area contributed by atoms with Crippen molar-refractivity contribution in [3.05, 3.63) is 82.7 Å². The van der Waals surface area contributed by atoms with Crippen LogP contribution in [0.4, 0.5) is 5.82 Å². The van der Waals surface area contributed by atoms with Crippen LogP contribution in [0.15, 0.2) is 77.2 Å². The minimum absolute atomic E-state index is 0.00509. The Bertz CT molecular complexity index is 1340. The lowest BCUT2D eigenvalue weighted by atomic mass is 9.97. The molecule has 178 valence electrons. The molecule has 1 saturated heterocycles. The second kappa shape index (κ2) is 10.6. The van der Waals surface area contributed by atoms with Gasteiger partial charge in [-0.3, -0.25) is 9.59 Å². The highest BCUT2D eigenvalue weighted by molar-refractivity contribution is 7.13. The smallest absolute Gasteiger partial charge is 0.266 e. The number of amides is 1. The van der Waals surface area contributed by atoms with Gasteiger partial charge in [-0.15, -0.1) is 11.3 Å². The zero-order valence-electron chi connectivity index (χ0n) is 19.2. The maximum absolute atomic E-state index is 12.9. The lowest BCUT2D eigenvalue weighted by molar-refractivity contribution is -0.125. The first-order valence-corrected chi connectivity index (χ1v) is 12.6. The van der Waals surface area contributed by atoms with E-state index in [9.17, 15) is 9.59 Å². The highest BCUT2D eigenvalue weighted by Gasteiger charge is 2.26. The lowest BCUT2D eigenvalue weighted by Crippen LogP contribution is -2.44.